The third-order valence-corrected chi connectivity index (χ3v) is 2.77. The van der Waals surface area contributed by atoms with Crippen molar-refractivity contribution in [3.05, 3.63) is 28.2 Å². The standard InChI is InChI=1S/C12H15BrN2O3/c1-3-10(11(16)17)15-12(18)14-9-5-7(2)4-8(13)6-9/h4-6,10H,3H2,1-2H3,(H,16,17)(H2,14,15,18). The highest BCUT2D eigenvalue weighted by Gasteiger charge is 2.17. The second kappa shape index (κ2) is 6.39. The van der Waals surface area contributed by atoms with Crippen LogP contribution in [-0.2, 0) is 4.79 Å². The first-order chi connectivity index (χ1) is 8.42. The van der Waals surface area contributed by atoms with Crippen molar-refractivity contribution in [1.29, 1.82) is 0 Å². The molecule has 5 nitrogen and oxygen atoms in total. The maximum absolute atomic E-state index is 11.6. The molecule has 98 valence electrons. The number of anilines is 1. The minimum absolute atomic E-state index is 0.334. The summed E-state index contributed by atoms with van der Waals surface area (Å²) in [6.07, 6.45) is 0.334. The Morgan fingerprint density at radius 1 is 1.39 bits per heavy atom. The molecule has 6 heteroatoms. The van der Waals surface area contributed by atoms with E-state index in [1.165, 1.54) is 0 Å². The Labute approximate surface area is 114 Å². The van der Waals surface area contributed by atoms with Gasteiger partial charge < -0.3 is 15.7 Å². The number of halogens is 1. The molecule has 0 aromatic heterocycles. The number of hydrogen-bond acceptors (Lipinski definition) is 2. The van der Waals surface area contributed by atoms with E-state index in [2.05, 4.69) is 26.6 Å². The Morgan fingerprint density at radius 2 is 2.06 bits per heavy atom. The smallest absolute Gasteiger partial charge is 0.326 e. The average molecular weight is 315 g/mol. The summed E-state index contributed by atoms with van der Waals surface area (Å²) in [4.78, 5) is 22.4. The van der Waals surface area contributed by atoms with Gasteiger partial charge in [0.2, 0.25) is 0 Å². The lowest BCUT2D eigenvalue weighted by atomic mass is 10.2. The average Bonchev–Trinajstić information content (AvgIpc) is 2.23. The molecule has 0 aliphatic heterocycles. The van der Waals surface area contributed by atoms with E-state index in [4.69, 9.17) is 5.11 Å². The Bertz CT molecular complexity index is 442. The molecule has 2 amide bonds. The van der Waals surface area contributed by atoms with Gasteiger partial charge in [-0.3, -0.25) is 0 Å². The van der Waals surface area contributed by atoms with Gasteiger partial charge in [-0.1, -0.05) is 22.9 Å². The number of urea groups is 1. The van der Waals surface area contributed by atoms with Gasteiger partial charge in [0.1, 0.15) is 6.04 Å². The number of carboxylic acid groups (broad SMARTS) is 1. The Kier molecular flexibility index (Phi) is 5.15. The lowest BCUT2D eigenvalue weighted by molar-refractivity contribution is -0.139. The first kappa shape index (κ1) is 14.5. The van der Waals surface area contributed by atoms with Gasteiger partial charge >= 0.3 is 12.0 Å². The summed E-state index contributed by atoms with van der Waals surface area (Å²) in [5, 5.41) is 13.8. The van der Waals surface area contributed by atoms with E-state index in [1.807, 2.05) is 13.0 Å². The quantitative estimate of drug-likeness (QED) is 0.799. The number of nitrogens with one attached hydrogen (secondary N) is 2. The van der Waals surface area contributed by atoms with Gasteiger partial charge in [-0.2, -0.15) is 0 Å². The number of hydrogen-bond donors (Lipinski definition) is 3. The zero-order chi connectivity index (χ0) is 13.7. The molecule has 0 saturated carbocycles. The van der Waals surface area contributed by atoms with Crippen LogP contribution in [0.1, 0.15) is 18.9 Å². The second-order valence-electron chi connectivity index (χ2n) is 3.91. The SMILES string of the molecule is CCC(NC(=O)Nc1cc(C)cc(Br)c1)C(=O)O. The van der Waals surface area contributed by atoms with Gasteiger partial charge in [-0.15, -0.1) is 0 Å². The molecule has 0 aliphatic rings. The number of carboxylic acids is 1. The molecule has 0 spiro atoms. The van der Waals surface area contributed by atoms with Crippen molar-refractivity contribution < 1.29 is 14.7 Å². The zero-order valence-corrected chi connectivity index (χ0v) is 11.7. The highest BCUT2D eigenvalue weighted by molar-refractivity contribution is 9.10. The number of rotatable bonds is 4. The van der Waals surface area contributed by atoms with Crippen molar-refractivity contribution in [2.24, 2.45) is 0 Å². The molecular weight excluding hydrogens is 300 g/mol. The fourth-order valence-corrected chi connectivity index (χ4v) is 2.08. The van der Waals surface area contributed by atoms with E-state index in [-0.39, 0.29) is 0 Å². The number of carbonyl (C=O) groups is 2. The Balaban J connectivity index is 2.67. The van der Waals surface area contributed by atoms with Crippen molar-refractivity contribution in [1.82, 2.24) is 5.32 Å². The first-order valence-corrected chi connectivity index (χ1v) is 6.29. The van der Waals surface area contributed by atoms with Crippen LogP contribution >= 0.6 is 15.9 Å². The summed E-state index contributed by atoms with van der Waals surface area (Å²) in [5.74, 6) is -1.04. The highest BCUT2D eigenvalue weighted by Crippen LogP contribution is 2.18. The summed E-state index contributed by atoms with van der Waals surface area (Å²) in [6, 6.07) is 4.05. The second-order valence-corrected chi connectivity index (χ2v) is 4.83. The third kappa shape index (κ3) is 4.37. The van der Waals surface area contributed by atoms with E-state index in [1.54, 1.807) is 19.1 Å². The Hall–Kier alpha value is -1.56. The Morgan fingerprint density at radius 3 is 2.56 bits per heavy atom. The maximum atomic E-state index is 11.6. The van der Waals surface area contributed by atoms with Crippen molar-refractivity contribution in [2.45, 2.75) is 26.3 Å². The third-order valence-electron chi connectivity index (χ3n) is 2.31. The summed E-state index contributed by atoms with van der Waals surface area (Å²) >= 11 is 3.32. The van der Waals surface area contributed by atoms with Crippen LogP contribution in [0, 0.1) is 6.92 Å². The van der Waals surface area contributed by atoms with Crippen molar-refractivity contribution in [3.8, 4) is 0 Å². The van der Waals surface area contributed by atoms with Crippen LogP contribution < -0.4 is 10.6 Å². The lowest BCUT2D eigenvalue weighted by Crippen LogP contribution is -2.42. The van der Waals surface area contributed by atoms with E-state index < -0.39 is 18.0 Å². The first-order valence-electron chi connectivity index (χ1n) is 5.50. The molecule has 1 unspecified atom stereocenters. The van der Waals surface area contributed by atoms with Crippen LogP contribution in [0.5, 0.6) is 0 Å². The van der Waals surface area contributed by atoms with Gasteiger partial charge in [-0.05, 0) is 37.1 Å². The summed E-state index contributed by atoms with van der Waals surface area (Å²) in [6.45, 7) is 3.60. The molecule has 18 heavy (non-hydrogen) atoms. The van der Waals surface area contributed by atoms with Crippen LogP contribution in [0.3, 0.4) is 0 Å². The minimum atomic E-state index is -1.04. The molecule has 3 N–H and O–H groups in total. The highest BCUT2D eigenvalue weighted by atomic mass is 79.9. The number of amides is 2. The number of carbonyl (C=O) groups excluding carboxylic acids is 1. The molecule has 1 aromatic rings. The monoisotopic (exact) mass is 314 g/mol. The van der Waals surface area contributed by atoms with Crippen LogP contribution in [-0.4, -0.2) is 23.1 Å². The minimum Gasteiger partial charge on any atom is -0.480 e. The number of aliphatic carboxylic acids is 1. The number of benzene rings is 1. The normalized spacial score (nSPS) is 11.7. The van der Waals surface area contributed by atoms with Crippen LogP contribution in [0.15, 0.2) is 22.7 Å². The van der Waals surface area contributed by atoms with E-state index in [9.17, 15) is 9.59 Å². The predicted octanol–water partition coefficient (Wildman–Crippen LogP) is 2.74. The molecular formula is C12H15BrN2O3. The van der Waals surface area contributed by atoms with Crippen LogP contribution in [0.2, 0.25) is 0 Å². The van der Waals surface area contributed by atoms with Gasteiger partial charge in [0, 0.05) is 10.2 Å². The fourth-order valence-electron chi connectivity index (χ4n) is 1.47. The molecule has 1 aromatic carbocycles. The zero-order valence-electron chi connectivity index (χ0n) is 10.2. The van der Waals surface area contributed by atoms with E-state index in [0.717, 1.165) is 10.0 Å². The summed E-state index contributed by atoms with van der Waals surface area (Å²) in [5.41, 5.74) is 1.60. The van der Waals surface area contributed by atoms with Crippen molar-refractivity contribution in [3.63, 3.8) is 0 Å². The van der Waals surface area contributed by atoms with Gasteiger partial charge in [-0.25, -0.2) is 9.59 Å². The predicted molar refractivity (Wildman–Crippen MR) is 72.7 cm³/mol. The van der Waals surface area contributed by atoms with Gasteiger partial charge in [0.25, 0.3) is 0 Å². The van der Waals surface area contributed by atoms with Crippen molar-refractivity contribution in [2.75, 3.05) is 5.32 Å². The van der Waals surface area contributed by atoms with Gasteiger partial charge in [0.15, 0.2) is 0 Å². The molecule has 0 fully saturated rings. The van der Waals surface area contributed by atoms with Crippen LogP contribution in [0.4, 0.5) is 10.5 Å². The molecule has 1 atom stereocenters. The molecule has 0 saturated heterocycles. The molecule has 0 heterocycles. The van der Waals surface area contributed by atoms with Crippen molar-refractivity contribution >= 4 is 33.6 Å². The van der Waals surface area contributed by atoms with E-state index >= 15 is 0 Å². The molecule has 0 aliphatic carbocycles. The summed E-state index contributed by atoms with van der Waals surface area (Å²) < 4.78 is 0.850. The van der Waals surface area contributed by atoms with Gasteiger partial charge in [0.05, 0.1) is 0 Å². The van der Waals surface area contributed by atoms with E-state index in [0.29, 0.717) is 12.1 Å². The summed E-state index contributed by atoms with van der Waals surface area (Å²) in [7, 11) is 0. The molecule has 0 bridgehead atoms. The fraction of sp³-hybridized carbons (Fsp3) is 0.333. The largest absolute Gasteiger partial charge is 0.480 e. The number of aryl methyl sites for hydroxylation is 1. The molecule has 1 rings (SSSR count). The maximum Gasteiger partial charge on any atom is 0.326 e. The van der Waals surface area contributed by atoms with Crippen LogP contribution in [0.25, 0.3) is 0 Å². The lowest BCUT2D eigenvalue weighted by Gasteiger charge is -2.13. The topological polar surface area (TPSA) is 78.4 Å². The molecule has 0 radical (unpaired) electrons.